The summed E-state index contributed by atoms with van der Waals surface area (Å²) in [6.45, 7) is 12.0. The topological polar surface area (TPSA) is 29.9 Å². The molecule has 1 aromatic rings. The minimum absolute atomic E-state index is 0.270. The Morgan fingerprint density at radius 2 is 2.05 bits per heavy atom. The average Bonchev–Trinajstić information content (AvgIpc) is 2.80. The maximum absolute atomic E-state index is 6.38. The lowest BCUT2D eigenvalue weighted by Gasteiger charge is -2.23. The van der Waals surface area contributed by atoms with Crippen LogP contribution < -0.4 is 5.32 Å². The van der Waals surface area contributed by atoms with Gasteiger partial charge in [-0.15, -0.1) is 0 Å². The summed E-state index contributed by atoms with van der Waals surface area (Å²) in [5, 5.41) is 9.50. The van der Waals surface area contributed by atoms with Crippen LogP contribution in [0.25, 0.3) is 0 Å². The summed E-state index contributed by atoms with van der Waals surface area (Å²) in [7, 11) is 0. The molecule has 0 aliphatic rings. The van der Waals surface area contributed by atoms with E-state index in [1.165, 1.54) is 6.42 Å². The van der Waals surface area contributed by atoms with Gasteiger partial charge in [-0.1, -0.05) is 32.4 Å². The van der Waals surface area contributed by atoms with E-state index >= 15 is 0 Å². The van der Waals surface area contributed by atoms with Crippen LogP contribution in [0.4, 0.5) is 0 Å². The van der Waals surface area contributed by atoms with Gasteiger partial charge in [-0.3, -0.25) is 4.68 Å². The molecule has 1 rings (SSSR count). The Hall–Kier alpha value is -0.190. The second-order valence-corrected chi connectivity index (χ2v) is 7.35. The number of thioether (sulfide) groups is 1. The molecule has 0 saturated heterocycles. The van der Waals surface area contributed by atoms with Crippen LogP contribution in [0.15, 0.2) is 6.20 Å². The molecule has 5 heteroatoms. The van der Waals surface area contributed by atoms with Gasteiger partial charge in [0.1, 0.15) is 0 Å². The summed E-state index contributed by atoms with van der Waals surface area (Å²) in [6.07, 6.45) is 4.09. The van der Waals surface area contributed by atoms with Crippen LogP contribution in [0, 0.1) is 0 Å². The van der Waals surface area contributed by atoms with Crippen molar-refractivity contribution in [2.24, 2.45) is 0 Å². The highest BCUT2D eigenvalue weighted by Crippen LogP contribution is 2.29. The SMILES string of the molecule is CCCNC(CSC(C)CC)c1c(Cl)cnn1C(C)C. The van der Waals surface area contributed by atoms with Crippen molar-refractivity contribution in [3.05, 3.63) is 16.9 Å². The molecule has 0 amide bonds. The molecule has 0 fully saturated rings. The minimum Gasteiger partial charge on any atom is -0.308 e. The molecule has 0 radical (unpaired) electrons. The number of nitrogens with one attached hydrogen (secondary N) is 1. The van der Waals surface area contributed by atoms with Crippen molar-refractivity contribution < 1.29 is 0 Å². The van der Waals surface area contributed by atoms with E-state index in [1.807, 2.05) is 16.4 Å². The van der Waals surface area contributed by atoms with Crippen molar-refractivity contribution in [2.45, 2.75) is 64.8 Å². The van der Waals surface area contributed by atoms with Crippen LogP contribution in [0.2, 0.25) is 5.02 Å². The molecule has 116 valence electrons. The number of aromatic nitrogens is 2. The Bertz CT molecular complexity index is 392. The lowest BCUT2D eigenvalue weighted by atomic mass is 10.2. The quantitative estimate of drug-likeness (QED) is 0.716. The van der Waals surface area contributed by atoms with Crippen molar-refractivity contribution in [1.82, 2.24) is 15.1 Å². The summed E-state index contributed by atoms with van der Waals surface area (Å²) in [5.74, 6) is 1.03. The molecule has 1 heterocycles. The summed E-state index contributed by atoms with van der Waals surface area (Å²) >= 11 is 8.38. The first kappa shape index (κ1) is 17.9. The van der Waals surface area contributed by atoms with E-state index in [0.717, 1.165) is 29.4 Å². The second kappa shape index (κ2) is 8.96. The molecule has 2 atom stereocenters. The van der Waals surface area contributed by atoms with Gasteiger partial charge >= 0.3 is 0 Å². The fourth-order valence-corrected chi connectivity index (χ4v) is 3.31. The van der Waals surface area contributed by atoms with Gasteiger partial charge in [0.15, 0.2) is 0 Å². The van der Waals surface area contributed by atoms with Gasteiger partial charge in [0.2, 0.25) is 0 Å². The van der Waals surface area contributed by atoms with Gasteiger partial charge in [0.25, 0.3) is 0 Å². The Morgan fingerprint density at radius 3 is 2.60 bits per heavy atom. The van der Waals surface area contributed by atoms with Gasteiger partial charge in [-0.05, 0) is 33.2 Å². The summed E-state index contributed by atoms with van der Waals surface area (Å²) < 4.78 is 2.05. The van der Waals surface area contributed by atoms with Crippen LogP contribution in [0.1, 0.15) is 65.2 Å². The van der Waals surface area contributed by atoms with Crippen LogP contribution in [-0.4, -0.2) is 27.3 Å². The number of hydrogen-bond donors (Lipinski definition) is 1. The molecule has 3 nitrogen and oxygen atoms in total. The highest BCUT2D eigenvalue weighted by Gasteiger charge is 2.21. The van der Waals surface area contributed by atoms with Crippen LogP contribution in [-0.2, 0) is 0 Å². The van der Waals surface area contributed by atoms with Crippen LogP contribution >= 0.6 is 23.4 Å². The Labute approximate surface area is 132 Å². The Kier molecular flexibility index (Phi) is 8.00. The molecule has 0 bridgehead atoms. The van der Waals surface area contributed by atoms with Crippen molar-refractivity contribution in [1.29, 1.82) is 0 Å². The predicted octanol–water partition coefficient (Wildman–Crippen LogP) is 4.69. The molecular weight excluding hydrogens is 290 g/mol. The molecule has 0 spiro atoms. The average molecular weight is 318 g/mol. The van der Waals surface area contributed by atoms with Gasteiger partial charge in [-0.2, -0.15) is 16.9 Å². The fourth-order valence-electron chi connectivity index (χ4n) is 2.02. The molecule has 2 unspecified atom stereocenters. The van der Waals surface area contributed by atoms with Crippen molar-refractivity contribution in [3.8, 4) is 0 Å². The van der Waals surface area contributed by atoms with Crippen LogP contribution in [0.3, 0.4) is 0 Å². The first-order valence-electron chi connectivity index (χ1n) is 7.59. The van der Waals surface area contributed by atoms with Gasteiger partial charge in [0, 0.05) is 17.0 Å². The zero-order chi connectivity index (χ0) is 15.1. The van der Waals surface area contributed by atoms with Crippen molar-refractivity contribution in [2.75, 3.05) is 12.3 Å². The lowest BCUT2D eigenvalue weighted by Crippen LogP contribution is -2.28. The maximum Gasteiger partial charge on any atom is 0.0834 e. The Morgan fingerprint density at radius 1 is 1.35 bits per heavy atom. The van der Waals surface area contributed by atoms with E-state index < -0.39 is 0 Å². The molecule has 20 heavy (non-hydrogen) atoms. The first-order chi connectivity index (χ1) is 9.51. The normalized spacial score (nSPS) is 14.8. The molecule has 0 aromatic carbocycles. The fraction of sp³-hybridized carbons (Fsp3) is 0.800. The van der Waals surface area contributed by atoms with E-state index in [1.54, 1.807) is 6.20 Å². The molecule has 0 aliphatic heterocycles. The highest BCUT2D eigenvalue weighted by atomic mass is 35.5. The lowest BCUT2D eigenvalue weighted by molar-refractivity contribution is 0.463. The van der Waals surface area contributed by atoms with E-state index in [-0.39, 0.29) is 6.04 Å². The summed E-state index contributed by atoms with van der Waals surface area (Å²) in [5.41, 5.74) is 1.13. The molecule has 1 aromatic heterocycles. The van der Waals surface area contributed by atoms with Gasteiger partial charge in [-0.25, -0.2) is 0 Å². The second-order valence-electron chi connectivity index (χ2n) is 5.47. The van der Waals surface area contributed by atoms with Crippen molar-refractivity contribution >= 4 is 23.4 Å². The van der Waals surface area contributed by atoms with E-state index in [0.29, 0.717) is 11.3 Å². The third kappa shape index (κ3) is 4.97. The van der Waals surface area contributed by atoms with E-state index in [4.69, 9.17) is 11.6 Å². The van der Waals surface area contributed by atoms with Crippen molar-refractivity contribution in [3.63, 3.8) is 0 Å². The smallest absolute Gasteiger partial charge is 0.0834 e. The third-order valence-corrected chi connectivity index (χ3v) is 5.09. The summed E-state index contributed by atoms with van der Waals surface area (Å²) in [4.78, 5) is 0. The first-order valence-corrected chi connectivity index (χ1v) is 9.01. The number of rotatable bonds is 9. The molecule has 0 aliphatic carbocycles. The minimum atomic E-state index is 0.270. The Balaban J connectivity index is 2.88. The number of halogens is 1. The van der Waals surface area contributed by atoms with Crippen LogP contribution in [0.5, 0.6) is 0 Å². The standard InChI is InChI=1S/C15H28ClN3S/c1-6-8-17-14(10-20-12(5)7-2)15-13(16)9-18-19(15)11(3)4/h9,11-12,14,17H,6-8,10H2,1-5H3. The highest BCUT2D eigenvalue weighted by molar-refractivity contribution is 7.99. The van der Waals surface area contributed by atoms with Gasteiger partial charge in [0.05, 0.1) is 23.0 Å². The monoisotopic (exact) mass is 317 g/mol. The zero-order valence-corrected chi connectivity index (χ0v) is 14.9. The molecular formula is C15H28ClN3S. The predicted molar refractivity (Wildman–Crippen MR) is 90.9 cm³/mol. The van der Waals surface area contributed by atoms with Gasteiger partial charge < -0.3 is 5.32 Å². The number of nitrogens with zero attached hydrogens (tertiary/aromatic N) is 2. The molecule has 0 saturated carbocycles. The van der Waals surface area contributed by atoms with E-state index in [2.05, 4.69) is 45.0 Å². The van der Waals surface area contributed by atoms with E-state index in [9.17, 15) is 0 Å². The number of hydrogen-bond acceptors (Lipinski definition) is 3. The largest absolute Gasteiger partial charge is 0.308 e. The summed E-state index contributed by atoms with van der Waals surface area (Å²) in [6, 6.07) is 0.600. The third-order valence-electron chi connectivity index (χ3n) is 3.37. The maximum atomic E-state index is 6.38. The zero-order valence-electron chi connectivity index (χ0n) is 13.3. The molecule has 1 N–H and O–H groups in total.